The molecule has 1 aliphatic heterocycles. The van der Waals surface area contributed by atoms with E-state index in [0.717, 1.165) is 11.5 Å². The van der Waals surface area contributed by atoms with Crippen LogP contribution in [0.1, 0.15) is 11.3 Å². The Labute approximate surface area is 142 Å². The van der Waals surface area contributed by atoms with Crippen molar-refractivity contribution in [2.24, 2.45) is 0 Å². The maximum atomic E-state index is 12.7. The van der Waals surface area contributed by atoms with Crippen molar-refractivity contribution in [2.45, 2.75) is 11.8 Å². The summed E-state index contributed by atoms with van der Waals surface area (Å²) in [7, 11) is -3.52. The molecule has 1 fully saturated rings. The summed E-state index contributed by atoms with van der Waals surface area (Å²) < 4.78 is 26.9. The zero-order valence-corrected chi connectivity index (χ0v) is 14.2. The lowest BCUT2D eigenvalue weighted by atomic mass is 10.2. The first kappa shape index (κ1) is 16.4. The highest BCUT2D eigenvalue weighted by Crippen LogP contribution is 2.20. The quantitative estimate of drug-likeness (QED) is 0.849. The third kappa shape index (κ3) is 3.25. The van der Waals surface area contributed by atoms with Gasteiger partial charge >= 0.3 is 0 Å². The number of rotatable bonds is 3. The molecule has 6 nitrogen and oxygen atoms in total. The topological polar surface area (TPSA) is 77.3 Å². The summed E-state index contributed by atoms with van der Waals surface area (Å²) >= 11 is 0. The van der Waals surface area contributed by atoms with Crippen LogP contribution in [0.5, 0.6) is 0 Å². The monoisotopic (exact) mass is 342 g/mol. The fourth-order valence-electron chi connectivity index (χ4n) is 2.71. The number of hydrogen-bond donors (Lipinski definition) is 0. The lowest BCUT2D eigenvalue weighted by molar-refractivity contribution is 0.384. The summed E-state index contributed by atoms with van der Waals surface area (Å²) in [4.78, 5) is 6.81. The van der Waals surface area contributed by atoms with E-state index >= 15 is 0 Å². The zero-order valence-electron chi connectivity index (χ0n) is 13.4. The molecule has 0 aliphatic carbocycles. The van der Waals surface area contributed by atoms with Gasteiger partial charge in [0.15, 0.2) is 0 Å². The number of hydrogen-bond acceptors (Lipinski definition) is 5. The first-order chi connectivity index (χ1) is 11.5. The molecule has 24 heavy (non-hydrogen) atoms. The molecular weight excluding hydrogens is 324 g/mol. The van der Waals surface area contributed by atoms with Gasteiger partial charge in [0.25, 0.3) is 0 Å². The molecule has 3 rings (SSSR count). The molecule has 0 spiro atoms. The fourth-order valence-corrected chi connectivity index (χ4v) is 4.14. The van der Waals surface area contributed by atoms with Gasteiger partial charge in [-0.05, 0) is 43.3 Å². The summed E-state index contributed by atoms with van der Waals surface area (Å²) in [5.41, 5.74) is 1.39. The van der Waals surface area contributed by atoms with Crippen molar-refractivity contribution < 1.29 is 8.42 Å². The Balaban J connectivity index is 1.72. The highest BCUT2D eigenvalue weighted by molar-refractivity contribution is 7.89. The number of pyridine rings is 1. The van der Waals surface area contributed by atoms with E-state index in [9.17, 15) is 8.42 Å². The standard InChI is InChI=1S/C17H18N4O2S/c1-14-3-2-4-17(19-14)20-9-11-21(12-10-20)24(22,23)16-7-5-15(13-18)6-8-16/h2-8H,9-12H2,1H3. The molecule has 124 valence electrons. The Morgan fingerprint density at radius 2 is 1.71 bits per heavy atom. The van der Waals surface area contributed by atoms with E-state index < -0.39 is 10.0 Å². The Bertz CT molecular complexity index is 864. The van der Waals surface area contributed by atoms with Crippen molar-refractivity contribution in [3.05, 3.63) is 53.7 Å². The molecule has 0 radical (unpaired) electrons. The molecule has 7 heteroatoms. The summed E-state index contributed by atoms with van der Waals surface area (Å²) in [6.07, 6.45) is 0. The molecule has 1 aromatic carbocycles. The van der Waals surface area contributed by atoms with Gasteiger partial charge in [-0.2, -0.15) is 9.57 Å². The molecule has 2 aromatic rings. The lowest BCUT2D eigenvalue weighted by Crippen LogP contribution is -2.48. The number of piperazine rings is 1. The fraction of sp³-hybridized carbons (Fsp3) is 0.294. The lowest BCUT2D eigenvalue weighted by Gasteiger charge is -2.34. The van der Waals surface area contributed by atoms with Crippen LogP contribution >= 0.6 is 0 Å². The maximum Gasteiger partial charge on any atom is 0.243 e. The average molecular weight is 342 g/mol. The van der Waals surface area contributed by atoms with Gasteiger partial charge in [-0.3, -0.25) is 0 Å². The van der Waals surface area contributed by atoms with Gasteiger partial charge < -0.3 is 4.90 Å². The number of aryl methyl sites for hydroxylation is 1. The average Bonchev–Trinajstić information content (AvgIpc) is 2.62. The Morgan fingerprint density at radius 1 is 1.04 bits per heavy atom. The van der Waals surface area contributed by atoms with Crippen LogP contribution in [-0.2, 0) is 10.0 Å². The molecular formula is C17H18N4O2S. The molecule has 0 bridgehead atoms. The number of benzene rings is 1. The van der Waals surface area contributed by atoms with E-state index in [1.807, 2.05) is 31.2 Å². The van der Waals surface area contributed by atoms with Gasteiger partial charge in [0, 0.05) is 31.9 Å². The van der Waals surface area contributed by atoms with E-state index in [1.54, 1.807) is 0 Å². The number of nitriles is 1. The molecule has 0 N–H and O–H groups in total. The number of anilines is 1. The van der Waals surface area contributed by atoms with Crippen LogP contribution in [0, 0.1) is 18.3 Å². The van der Waals surface area contributed by atoms with Crippen LogP contribution in [0.15, 0.2) is 47.4 Å². The van der Waals surface area contributed by atoms with Crippen LogP contribution in [0.4, 0.5) is 5.82 Å². The van der Waals surface area contributed by atoms with Gasteiger partial charge in [-0.25, -0.2) is 13.4 Å². The molecule has 0 saturated carbocycles. The highest BCUT2D eigenvalue weighted by atomic mass is 32.2. The third-order valence-electron chi connectivity index (χ3n) is 4.06. The minimum absolute atomic E-state index is 0.226. The molecule has 1 aromatic heterocycles. The summed E-state index contributed by atoms with van der Waals surface area (Å²) in [5.74, 6) is 0.880. The van der Waals surface area contributed by atoms with E-state index in [4.69, 9.17) is 5.26 Å². The van der Waals surface area contributed by atoms with E-state index in [-0.39, 0.29) is 4.90 Å². The predicted octanol–water partition coefficient (Wildman–Crippen LogP) is 1.77. The highest BCUT2D eigenvalue weighted by Gasteiger charge is 2.28. The Kier molecular flexibility index (Phi) is 4.51. The van der Waals surface area contributed by atoms with Crippen molar-refractivity contribution in [1.82, 2.24) is 9.29 Å². The van der Waals surface area contributed by atoms with Crippen molar-refractivity contribution >= 4 is 15.8 Å². The van der Waals surface area contributed by atoms with Crippen molar-refractivity contribution in [3.8, 4) is 6.07 Å². The number of nitrogens with zero attached hydrogens (tertiary/aromatic N) is 4. The van der Waals surface area contributed by atoms with Gasteiger partial charge in [0.2, 0.25) is 10.0 Å². The van der Waals surface area contributed by atoms with Crippen LogP contribution in [-0.4, -0.2) is 43.9 Å². The molecule has 0 amide bonds. The second-order valence-electron chi connectivity index (χ2n) is 5.66. The van der Waals surface area contributed by atoms with E-state index in [2.05, 4.69) is 9.88 Å². The molecule has 1 saturated heterocycles. The summed E-state index contributed by atoms with van der Waals surface area (Å²) in [5, 5.41) is 8.82. The Morgan fingerprint density at radius 3 is 2.29 bits per heavy atom. The number of sulfonamides is 1. The first-order valence-electron chi connectivity index (χ1n) is 7.69. The van der Waals surface area contributed by atoms with Crippen molar-refractivity contribution in [1.29, 1.82) is 5.26 Å². The van der Waals surface area contributed by atoms with Crippen LogP contribution < -0.4 is 4.90 Å². The molecule has 2 heterocycles. The number of aromatic nitrogens is 1. The van der Waals surface area contributed by atoms with Crippen LogP contribution in [0.3, 0.4) is 0 Å². The molecule has 0 unspecified atom stereocenters. The second kappa shape index (κ2) is 6.59. The zero-order chi connectivity index (χ0) is 17.2. The molecule has 0 atom stereocenters. The first-order valence-corrected chi connectivity index (χ1v) is 9.13. The van der Waals surface area contributed by atoms with Crippen molar-refractivity contribution in [3.63, 3.8) is 0 Å². The van der Waals surface area contributed by atoms with E-state index in [1.165, 1.54) is 28.6 Å². The van der Waals surface area contributed by atoms with Crippen LogP contribution in [0.2, 0.25) is 0 Å². The maximum absolute atomic E-state index is 12.7. The Hall–Kier alpha value is -2.43. The summed E-state index contributed by atoms with van der Waals surface area (Å²) in [6, 6.07) is 13.9. The SMILES string of the molecule is Cc1cccc(N2CCN(S(=O)(=O)c3ccc(C#N)cc3)CC2)n1. The normalized spacial score (nSPS) is 15.9. The van der Waals surface area contributed by atoms with Gasteiger partial charge in [0.1, 0.15) is 5.82 Å². The van der Waals surface area contributed by atoms with Gasteiger partial charge in [0.05, 0.1) is 16.5 Å². The predicted molar refractivity (Wildman–Crippen MR) is 91.1 cm³/mol. The largest absolute Gasteiger partial charge is 0.354 e. The van der Waals surface area contributed by atoms with Gasteiger partial charge in [-0.1, -0.05) is 6.07 Å². The van der Waals surface area contributed by atoms with Crippen molar-refractivity contribution in [2.75, 3.05) is 31.1 Å². The smallest absolute Gasteiger partial charge is 0.243 e. The minimum atomic E-state index is -3.52. The second-order valence-corrected chi connectivity index (χ2v) is 7.60. The van der Waals surface area contributed by atoms with Gasteiger partial charge in [-0.15, -0.1) is 0 Å². The third-order valence-corrected chi connectivity index (χ3v) is 5.97. The molecule has 1 aliphatic rings. The minimum Gasteiger partial charge on any atom is -0.354 e. The van der Waals surface area contributed by atoms with E-state index in [0.29, 0.717) is 31.7 Å². The van der Waals surface area contributed by atoms with Crippen LogP contribution in [0.25, 0.3) is 0 Å². The summed E-state index contributed by atoms with van der Waals surface area (Å²) in [6.45, 7) is 3.98.